The first-order valence-corrected chi connectivity index (χ1v) is 10.2. The molecule has 1 heterocycles. The van der Waals surface area contributed by atoms with E-state index < -0.39 is 11.9 Å². The third-order valence-electron chi connectivity index (χ3n) is 5.29. The largest absolute Gasteiger partial charge is 0.457 e. The molecule has 0 saturated carbocycles. The van der Waals surface area contributed by atoms with Crippen LogP contribution in [0.3, 0.4) is 0 Å². The van der Waals surface area contributed by atoms with Gasteiger partial charge in [0.2, 0.25) is 5.91 Å². The monoisotopic (exact) mass is 438 g/mol. The first-order valence-electron chi connectivity index (χ1n) is 9.86. The number of amides is 1. The van der Waals surface area contributed by atoms with Crippen LogP contribution < -0.4 is 0 Å². The molecule has 1 unspecified atom stereocenters. The van der Waals surface area contributed by atoms with Crippen molar-refractivity contribution in [1.29, 1.82) is 5.26 Å². The lowest BCUT2D eigenvalue weighted by molar-refractivity contribution is -0.141. The average molecular weight is 439 g/mol. The smallest absolute Gasteiger partial charge is 0.336 e. The fraction of sp³-hybridized carbons (Fsp3) is 0.292. The number of allylic oxidation sites excluding steroid dienone is 1. The van der Waals surface area contributed by atoms with Gasteiger partial charge in [-0.1, -0.05) is 35.9 Å². The molecule has 0 radical (unpaired) electrons. The van der Waals surface area contributed by atoms with Crippen LogP contribution in [-0.4, -0.2) is 37.0 Å². The lowest BCUT2D eigenvalue weighted by Crippen LogP contribution is -2.40. The Morgan fingerprint density at radius 3 is 2.48 bits per heavy atom. The summed E-state index contributed by atoms with van der Waals surface area (Å²) in [5.41, 5.74) is 3.16. The van der Waals surface area contributed by atoms with E-state index in [4.69, 9.17) is 26.3 Å². The molecule has 1 amide bonds. The van der Waals surface area contributed by atoms with Crippen LogP contribution in [0.15, 0.2) is 59.8 Å². The molecule has 0 fully saturated rings. The summed E-state index contributed by atoms with van der Waals surface area (Å²) in [6.45, 7) is 2.55. The number of carbonyl (C=O) groups is 2. The highest BCUT2D eigenvalue weighted by molar-refractivity contribution is 6.30. The summed E-state index contributed by atoms with van der Waals surface area (Å²) >= 11 is 6.01. The summed E-state index contributed by atoms with van der Waals surface area (Å²) in [4.78, 5) is 27.5. The van der Waals surface area contributed by atoms with E-state index in [1.165, 1.54) is 0 Å². The summed E-state index contributed by atoms with van der Waals surface area (Å²) in [6, 6.07) is 16.0. The van der Waals surface area contributed by atoms with Crippen molar-refractivity contribution in [2.45, 2.75) is 25.9 Å². The molecule has 1 atom stereocenters. The van der Waals surface area contributed by atoms with E-state index in [1.807, 2.05) is 12.1 Å². The van der Waals surface area contributed by atoms with Gasteiger partial charge >= 0.3 is 5.97 Å². The first kappa shape index (κ1) is 22.5. The number of methoxy groups -OCH3 is 1. The number of benzene rings is 2. The highest BCUT2D eigenvalue weighted by Gasteiger charge is 2.36. The molecule has 0 aliphatic carbocycles. The van der Waals surface area contributed by atoms with Gasteiger partial charge in [-0.3, -0.25) is 4.79 Å². The number of carbonyl (C=O) groups excluding carboxylic acids is 2. The van der Waals surface area contributed by atoms with Crippen LogP contribution in [0.1, 0.15) is 36.0 Å². The fourth-order valence-corrected chi connectivity index (χ4v) is 3.74. The number of rotatable bonds is 7. The Morgan fingerprint density at radius 1 is 1.19 bits per heavy atom. The first-order chi connectivity index (χ1) is 14.9. The molecular formula is C24H23ClN2O4. The quantitative estimate of drug-likeness (QED) is 0.605. The van der Waals surface area contributed by atoms with Crippen LogP contribution in [-0.2, 0) is 25.7 Å². The third-order valence-corrected chi connectivity index (χ3v) is 5.54. The van der Waals surface area contributed by atoms with Gasteiger partial charge in [0.1, 0.15) is 6.61 Å². The summed E-state index contributed by atoms with van der Waals surface area (Å²) < 4.78 is 10.7. The maximum atomic E-state index is 13.2. The minimum absolute atomic E-state index is 0.0701. The Kier molecular flexibility index (Phi) is 7.45. The molecule has 3 rings (SSSR count). The van der Waals surface area contributed by atoms with Crippen molar-refractivity contribution >= 4 is 23.5 Å². The summed E-state index contributed by atoms with van der Waals surface area (Å²) in [6.07, 6.45) is 0.157. The third kappa shape index (κ3) is 5.32. The van der Waals surface area contributed by atoms with Crippen LogP contribution in [0.4, 0.5) is 0 Å². The zero-order valence-electron chi connectivity index (χ0n) is 17.4. The van der Waals surface area contributed by atoms with E-state index in [0.717, 1.165) is 11.1 Å². The zero-order chi connectivity index (χ0) is 22.4. The predicted molar refractivity (Wildman–Crippen MR) is 116 cm³/mol. The summed E-state index contributed by atoms with van der Waals surface area (Å²) in [5.74, 6) is -0.966. The summed E-state index contributed by atoms with van der Waals surface area (Å²) in [5, 5.41) is 9.50. The molecule has 6 nitrogen and oxygen atoms in total. The molecule has 2 aromatic rings. The standard InChI is InChI=1S/C24H23ClN2O4/c1-16-23(24(29)31-15-18-5-3-17(14-26)4-6-18)21(19-7-9-20(25)10-8-19)13-22(28)27(16)11-12-30-2/h3-10,21H,11-13,15H2,1-2H3. The minimum atomic E-state index is -0.475. The van der Waals surface area contributed by atoms with Gasteiger partial charge in [-0.15, -0.1) is 0 Å². The van der Waals surface area contributed by atoms with Crippen molar-refractivity contribution in [2.75, 3.05) is 20.3 Å². The molecule has 1 aliphatic heterocycles. The Labute approximate surface area is 186 Å². The predicted octanol–water partition coefficient (Wildman–Crippen LogP) is 4.19. The molecular weight excluding hydrogens is 416 g/mol. The topological polar surface area (TPSA) is 79.6 Å². The molecule has 31 heavy (non-hydrogen) atoms. The Morgan fingerprint density at radius 2 is 1.87 bits per heavy atom. The molecule has 7 heteroatoms. The van der Waals surface area contributed by atoms with Crippen LogP contribution >= 0.6 is 11.6 Å². The lowest BCUT2D eigenvalue weighted by Gasteiger charge is -2.34. The fourth-order valence-electron chi connectivity index (χ4n) is 3.62. The van der Waals surface area contributed by atoms with E-state index in [0.29, 0.717) is 35.0 Å². The van der Waals surface area contributed by atoms with Gasteiger partial charge in [-0.2, -0.15) is 5.26 Å². The van der Waals surface area contributed by atoms with Crippen LogP contribution in [0.2, 0.25) is 5.02 Å². The molecule has 0 spiro atoms. The van der Waals surface area contributed by atoms with E-state index in [1.54, 1.807) is 55.3 Å². The molecule has 160 valence electrons. The Bertz CT molecular complexity index is 1020. The molecule has 0 N–H and O–H groups in total. The van der Waals surface area contributed by atoms with Crippen LogP contribution in [0, 0.1) is 11.3 Å². The maximum absolute atomic E-state index is 13.2. The van der Waals surface area contributed by atoms with E-state index in [9.17, 15) is 9.59 Å². The number of hydrogen-bond acceptors (Lipinski definition) is 5. The number of esters is 1. The van der Waals surface area contributed by atoms with Gasteiger partial charge in [0, 0.05) is 36.7 Å². The van der Waals surface area contributed by atoms with Gasteiger partial charge in [-0.25, -0.2) is 4.79 Å². The van der Waals surface area contributed by atoms with Gasteiger partial charge in [0.05, 0.1) is 23.8 Å². The number of nitrogens with zero attached hydrogens (tertiary/aromatic N) is 2. The Balaban J connectivity index is 1.89. The van der Waals surface area contributed by atoms with Crippen molar-refractivity contribution in [1.82, 2.24) is 4.90 Å². The second kappa shape index (κ2) is 10.3. The number of nitriles is 1. The number of hydrogen-bond donors (Lipinski definition) is 0. The van der Waals surface area contributed by atoms with Crippen molar-refractivity contribution in [3.8, 4) is 6.07 Å². The SMILES string of the molecule is COCCN1C(=O)CC(c2ccc(Cl)cc2)C(C(=O)OCc2ccc(C#N)cc2)=C1C. The molecule has 2 aromatic carbocycles. The van der Waals surface area contributed by atoms with Gasteiger partial charge in [0.25, 0.3) is 0 Å². The lowest BCUT2D eigenvalue weighted by atomic mass is 9.83. The summed E-state index contributed by atoms with van der Waals surface area (Å²) in [7, 11) is 1.57. The van der Waals surface area contributed by atoms with Crippen LogP contribution in [0.5, 0.6) is 0 Å². The molecule has 1 aliphatic rings. The van der Waals surface area contributed by atoms with Crippen LogP contribution in [0.25, 0.3) is 0 Å². The van der Waals surface area contributed by atoms with Crippen molar-refractivity contribution in [2.24, 2.45) is 0 Å². The van der Waals surface area contributed by atoms with Gasteiger partial charge < -0.3 is 14.4 Å². The molecule has 0 saturated heterocycles. The van der Waals surface area contributed by atoms with Crippen molar-refractivity contribution < 1.29 is 19.1 Å². The van der Waals surface area contributed by atoms with Gasteiger partial charge in [0.15, 0.2) is 0 Å². The highest BCUT2D eigenvalue weighted by Crippen LogP contribution is 2.37. The van der Waals surface area contributed by atoms with E-state index >= 15 is 0 Å². The highest BCUT2D eigenvalue weighted by atomic mass is 35.5. The van der Waals surface area contributed by atoms with Crippen molar-refractivity contribution in [3.05, 3.63) is 81.5 Å². The maximum Gasteiger partial charge on any atom is 0.336 e. The van der Waals surface area contributed by atoms with Crippen molar-refractivity contribution in [3.63, 3.8) is 0 Å². The Hall–Kier alpha value is -3.14. The normalized spacial score (nSPS) is 16.3. The zero-order valence-corrected chi connectivity index (χ0v) is 18.2. The number of ether oxygens (including phenoxy) is 2. The van der Waals surface area contributed by atoms with E-state index in [2.05, 4.69) is 6.07 Å². The molecule has 0 aromatic heterocycles. The van der Waals surface area contributed by atoms with E-state index in [-0.39, 0.29) is 18.9 Å². The molecule has 0 bridgehead atoms. The second-order valence-electron chi connectivity index (χ2n) is 7.23. The second-order valence-corrected chi connectivity index (χ2v) is 7.67. The number of halogens is 1. The van der Waals surface area contributed by atoms with Gasteiger partial charge in [-0.05, 0) is 42.3 Å². The average Bonchev–Trinajstić information content (AvgIpc) is 2.78. The minimum Gasteiger partial charge on any atom is -0.457 e.